The maximum atomic E-state index is 12.3. The summed E-state index contributed by atoms with van der Waals surface area (Å²) >= 11 is 0. The van der Waals surface area contributed by atoms with E-state index in [0.717, 1.165) is 5.75 Å². The van der Waals surface area contributed by atoms with Gasteiger partial charge in [0, 0.05) is 11.3 Å². The van der Waals surface area contributed by atoms with E-state index in [1.54, 1.807) is 49.6 Å². The lowest BCUT2D eigenvalue weighted by molar-refractivity contribution is 0.102. The van der Waals surface area contributed by atoms with Crippen LogP contribution >= 0.6 is 0 Å². The van der Waals surface area contributed by atoms with Crippen molar-refractivity contribution < 1.29 is 9.53 Å². The van der Waals surface area contributed by atoms with Crippen molar-refractivity contribution in [2.45, 2.75) is 0 Å². The monoisotopic (exact) mass is 280 g/mol. The van der Waals surface area contributed by atoms with Gasteiger partial charge < -0.3 is 15.8 Å². The molecule has 2 aromatic carbocycles. The number of benzene rings is 2. The fourth-order valence-corrected chi connectivity index (χ4v) is 1.81. The highest BCUT2D eigenvalue weighted by Gasteiger charge is 2.09. The molecule has 0 aliphatic carbocycles. The molecule has 4 heteroatoms. The minimum Gasteiger partial charge on any atom is -0.497 e. The molecule has 0 saturated carbocycles. The molecule has 21 heavy (non-hydrogen) atoms. The quantitative estimate of drug-likeness (QED) is 0.848. The van der Waals surface area contributed by atoms with Crippen LogP contribution in [0.15, 0.2) is 48.5 Å². The molecule has 0 saturated heterocycles. The fraction of sp³-hybridized carbons (Fsp3) is 0.118. The molecule has 3 N–H and O–H groups in total. The lowest BCUT2D eigenvalue weighted by Crippen LogP contribution is -2.13. The van der Waals surface area contributed by atoms with Crippen LogP contribution < -0.4 is 15.8 Å². The van der Waals surface area contributed by atoms with Crippen molar-refractivity contribution in [3.8, 4) is 17.6 Å². The van der Waals surface area contributed by atoms with Gasteiger partial charge >= 0.3 is 0 Å². The minimum atomic E-state index is -0.206. The average molecular weight is 280 g/mol. The van der Waals surface area contributed by atoms with Crippen molar-refractivity contribution in [3.05, 3.63) is 59.7 Å². The van der Waals surface area contributed by atoms with Gasteiger partial charge in [-0.05, 0) is 36.4 Å². The van der Waals surface area contributed by atoms with Crippen LogP contribution in [0.5, 0.6) is 5.75 Å². The van der Waals surface area contributed by atoms with E-state index >= 15 is 0 Å². The Kier molecular flexibility index (Phi) is 4.97. The first kappa shape index (κ1) is 14.6. The molecular formula is C17H16N2O2. The number of nitrogens with two attached hydrogens (primary N) is 1. The van der Waals surface area contributed by atoms with Crippen LogP contribution in [0.4, 0.5) is 5.69 Å². The van der Waals surface area contributed by atoms with Gasteiger partial charge in [0.2, 0.25) is 0 Å². The topological polar surface area (TPSA) is 64.3 Å². The molecule has 0 bridgehead atoms. The number of rotatable bonds is 3. The van der Waals surface area contributed by atoms with E-state index in [4.69, 9.17) is 10.5 Å². The number of hydrogen-bond acceptors (Lipinski definition) is 3. The third-order valence-corrected chi connectivity index (χ3v) is 2.84. The fourth-order valence-electron chi connectivity index (χ4n) is 1.81. The first-order chi connectivity index (χ1) is 10.2. The molecular weight excluding hydrogens is 264 g/mol. The summed E-state index contributed by atoms with van der Waals surface area (Å²) in [4.78, 5) is 12.3. The zero-order valence-corrected chi connectivity index (χ0v) is 11.7. The van der Waals surface area contributed by atoms with Gasteiger partial charge in [0.15, 0.2) is 0 Å². The third-order valence-electron chi connectivity index (χ3n) is 2.84. The summed E-state index contributed by atoms with van der Waals surface area (Å²) in [5.74, 6) is 6.19. The van der Waals surface area contributed by atoms with Crippen molar-refractivity contribution >= 4 is 11.6 Å². The van der Waals surface area contributed by atoms with Crippen LogP contribution in [-0.2, 0) is 0 Å². The number of hydrogen-bond donors (Lipinski definition) is 2. The molecule has 1 amide bonds. The van der Waals surface area contributed by atoms with Crippen molar-refractivity contribution in [2.24, 2.45) is 5.73 Å². The average Bonchev–Trinajstić information content (AvgIpc) is 2.54. The smallest absolute Gasteiger partial charge is 0.256 e. The van der Waals surface area contributed by atoms with Gasteiger partial charge in [0.1, 0.15) is 5.75 Å². The molecule has 0 aliphatic rings. The number of methoxy groups -OCH3 is 1. The molecule has 2 rings (SSSR count). The summed E-state index contributed by atoms with van der Waals surface area (Å²) < 4.78 is 5.08. The molecule has 0 atom stereocenters. The van der Waals surface area contributed by atoms with Crippen LogP contribution in [0.2, 0.25) is 0 Å². The Labute approximate surface area is 123 Å². The number of carbonyl (C=O) groups is 1. The molecule has 0 fully saturated rings. The summed E-state index contributed by atoms with van der Waals surface area (Å²) in [6, 6.07) is 14.3. The predicted molar refractivity (Wildman–Crippen MR) is 83.3 cm³/mol. The SMILES string of the molecule is COc1ccc(NC(=O)c2ccccc2C#CCN)cc1. The summed E-state index contributed by atoms with van der Waals surface area (Å²) in [6.07, 6.45) is 0. The summed E-state index contributed by atoms with van der Waals surface area (Å²) in [5.41, 5.74) is 7.25. The number of ether oxygens (including phenoxy) is 1. The van der Waals surface area contributed by atoms with Crippen LogP contribution in [0.25, 0.3) is 0 Å². The third kappa shape index (κ3) is 3.85. The highest BCUT2D eigenvalue weighted by Crippen LogP contribution is 2.16. The maximum Gasteiger partial charge on any atom is 0.256 e. The van der Waals surface area contributed by atoms with Crippen LogP contribution in [0.3, 0.4) is 0 Å². The van der Waals surface area contributed by atoms with E-state index < -0.39 is 0 Å². The van der Waals surface area contributed by atoms with E-state index in [1.807, 2.05) is 6.07 Å². The van der Waals surface area contributed by atoms with Gasteiger partial charge in [-0.1, -0.05) is 24.0 Å². The first-order valence-electron chi connectivity index (χ1n) is 6.48. The molecule has 4 nitrogen and oxygen atoms in total. The number of amides is 1. The summed E-state index contributed by atoms with van der Waals surface area (Å²) in [7, 11) is 1.60. The standard InChI is InChI=1S/C17H16N2O2/c1-21-15-10-8-14(9-11-15)19-17(20)16-7-3-2-5-13(16)6-4-12-18/h2-3,5,7-11H,12,18H2,1H3,(H,19,20). The lowest BCUT2D eigenvalue weighted by atomic mass is 10.1. The number of nitrogens with one attached hydrogen (secondary N) is 1. The van der Waals surface area contributed by atoms with E-state index in [2.05, 4.69) is 17.2 Å². The Balaban J connectivity index is 2.19. The van der Waals surface area contributed by atoms with Gasteiger partial charge in [0.25, 0.3) is 5.91 Å². The highest BCUT2D eigenvalue weighted by molar-refractivity contribution is 6.06. The molecule has 0 spiro atoms. The zero-order valence-electron chi connectivity index (χ0n) is 11.7. The van der Waals surface area contributed by atoms with E-state index in [1.165, 1.54) is 0 Å². The molecule has 0 unspecified atom stereocenters. The van der Waals surface area contributed by atoms with E-state index in [9.17, 15) is 4.79 Å². The molecule has 2 aromatic rings. The largest absolute Gasteiger partial charge is 0.497 e. The Morgan fingerprint density at radius 2 is 1.90 bits per heavy atom. The normalized spacial score (nSPS) is 9.43. The van der Waals surface area contributed by atoms with Crippen molar-refractivity contribution in [3.63, 3.8) is 0 Å². The summed E-state index contributed by atoms with van der Waals surface area (Å²) in [6.45, 7) is 0.258. The van der Waals surface area contributed by atoms with E-state index in [-0.39, 0.29) is 12.5 Å². The molecule has 106 valence electrons. The Hall–Kier alpha value is -2.77. The molecule has 0 radical (unpaired) electrons. The Morgan fingerprint density at radius 1 is 1.19 bits per heavy atom. The van der Waals surface area contributed by atoms with Crippen LogP contribution in [0, 0.1) is 11.8 Å². The Morgan fingerprint density at radius 3 is 2.57 bits per heavy atom. The summed E-state index contributed by atoms with van der Waals surface area (Å²) in [5, 5.41) is 2.83. The maximum absolute atomic E-state index is 12.3. The van der Waals surface area contributed by atoms with Gasteiger partial charge in [-0.2, -0.15) is 0 Å². The van der Waals surface area contributed by atoms with Crippen molar-refractivity contribution in [1.29, 1.82) is 0 Å². The lowest BCUT2D eigenvalue weighted by Gasteiger charge is -2.07. The second kappa shape index (κ2) is 7.13. The number of anilines is 1. The minimum absolute atomic E-state index is 0.206. The van der Waals surface area contributed by atoms with E-state index in [0.29, 0.717) is 16.8 Å². The first-order valence-corrected chi connectivity index (χ1v) is 6.48. The van der Waals surface area contributed by atoms with Gasteiger partial charge in [-0.3, -0.25) is 4.79 Å². The molecule has 0 heterocycles. The Bertz CT molecular complexity index is 682. The van der Waals surface area contributed by atoms with Gasteiger partial charge in [-0.15, -0.1) is 0 Å². The molecule has 0 aromatic heterocycles. The van der Waals surface area contributed by atoms with Gasteiger partial charge in [-0.25, -0.2) is 0 Å². The second-order valence-corrected chi connectivity index (χ2v) is 4.23. The second-order valence-electron chi connectivity index (χ2n) is 4.23. The predicted octanol–water partition coefficient (Wildman–Crippen LogP) is 2.26. The zero-order chi connectivity index (χ0) is 15.1. The van der Waals surface area contributed by atoms with Crippen molar-refractivity contribution in [1.82, 2.24) is 0 Å². The van der Waals surface area contributed by atoms with Crippen LogP contribution in [0.1, 0.15) is 15.9 Å². The molecule has 0 aliphatic heterocycles. The van der Waals surface area contributed by atoms with Gasteiger partial charge in [0.05, 0.1) is 19.2 Å². The number of carbonyl (C=O) groups excluding carboxylic acids is 1. The van der Waals surface area contributed by atoms with Crippen LogP contribution in [-0.4, -0.2) is 19.6 Å². The van der Waals surface area contributed by atoms with Crippen molar-refractivity contribution in [2.75, 3.05) is 19.0 Å². The highest BCUT2D eigenvalue weighted by atomic mass is 16.5.